The van der Waals surface area contributed by atoms with Gasteiger partial charge in [-0.3, -0.25) is 9.59 Å². The molecule has 2 aromatic rings. The lowest BCUT2D eigenvalue weighted by Gasteiger charge is -2.13. The Kier molecular flexibility index (Phi) is 5.63. The highest BCUT2D eigenvalue weighted by Crippen LogP contribution is 2.34. The number of halogens is 3. The van der Waals surface area contributed by atoms with E-state index in [4.69, 9.17) is 4.74 Å². The SMILES string of the molecule is COc1cccc(C(=O)NCC(=O)Nc2ccccc2C(F)(F)F)c1. The molecule has 5 nitrogen and oxygen atoms in total. The maximum Gasteiger partial charge on any atom is 0.418 e. The normalized spacial score (nSPS) is 10.9. The van der Waals surface area contributed by atoms with E-state index < -0.39 is 30.1 Å². The van der Waals surface area contributed by atoms with Gasteiger partial charge < -0.3 is 15.4 Å². The van der Waals surface area contributed by atoms with E-state index in [1.54, 1.807) is 12.1 Å². The Morgan fingerprint density at radius 3 is 2.48 bits per heavy atom. The van der Waals surface area contributed by atoms with Crippen molar-refractivity contribution in [3.8, 4) is 5.75 Å². The fraction of sp³-hybridized carbons (Fsp3) is 0.176. The molecule has 0 spiro atoms. The number of methoxy groups -OCH3 is 1. The highest BCUT2D eigenvalue weighted by Gasteiger charge is 2.33. The van der Waals surface area contributed by atoms with Crippen LogP contribution in [0, 0.1) is 0 Å². The third kappa shape index (κ3) is 4.97. The van der Waals surface area contributed by atoms with Crippen molar-refractivity contribution in [3.05, 3.63) is 59.7 Å². The van der Waals surface area contributed by atoms with Gasteiger partial charge in [-0.25, -0.2) is 0 Å². The predicted molar refractivity (Wildman–Crippen MR) is 85.4 cm³/mol. The van der Waals surface area contributed by atoms with Gasteiger partial charge in [-0.05, 0) is 30.3 Å². The number of carbonyl (C=O) groups is 2. The van der Waals surface area contributed by atoms with Crippen LogP contribution in [0.2, 0.25) is 0 Å². The number of ether oxygens (including phenoxy) is 1. The van der Waals surface area contributed by atoms with Crippen LogP contribution < -0.4 is 15.4 Å². The maximum absolute atomic E-state index is 12.9. The summed E-state index contributed by atoms with van der Waals surface area (Å²) in [6.07, 6.45) is -4.59. The van der Waals surface area contributed by atoms with Crippen molar-refractivity contribution < 1.29 is 27.5 Å². The summed E-state index contributed by atoms with van der Waals surface area (Å²) in [5.74, 6) is -0.845. The lowest BCUT2D eigenvalue weighted by atomic mass is 10.1. The smallest absolute Gasteiger partial charge is 0.418 e. The Morgan fingerprint density at radius 1 is 1.08 bits per heavy atom. The Balaban J connectivity index is 1.98. The quantitative estimate of drug-likeness (QED) is 0.869. The van der Waals surface area contributed by atoms with E-state index in [1.165, 1.54) is 31.4 Å². The zero-order valence-corrected chi connectivity index (χ0v) is 13.2. The third-order valence-corrected chi connectivity index (χ3v) is 3.25. The minimum Gasteiger partial charge on any atom is -0.497 e. The van der Waals surface area contributed by atoms with Crippen LogP contribution in [0.25, 0.3) is 0 Å². The molecule has 0 fully saturated rings. The number of anilines is 1. The molecule has 132 valence electrons. The molecule has 0 saturated carbocycles. The first-order valence-electron chi connectivity index (χ1n) is 7.19. The van der Waals surface area contributed by atoms with Crippen LogP contribution in [0.15, 0.2) is 48.5 Å². The van der Waals surface area contributed by atoms with Gasteiger partial charge in [0.15, 0.2) is 0 Å². The van der Waals surface area contributed by atoms with E-state index in [1.807, 2.05) is 0 Å². The lowest BCUT2D eigenvalue weighted by Crippen LogP contribution is -2.33. The molecule has 2 rings (SSSR count). The fourth-order valence-corrected chi connectivity index (χ4v) is 2.06. The number of amides is 2. The Hall–Kier alpha value is -3.03. The number of hydrogen-bond acceptors (Lipinski definition) is 3. The van der Waals surface area contributed by atoms with Gasteiger partial charge in [0.2, 0.25) is 5.91 Å². The average Bonchev–Trinajstić information content (AvgIpc) is 2.59. The number of carbonyl (C=O) groups excluding carboxylic acids is 2. The van der Waals surface area contributed by atoms with Gasteiger partial charge in [0.1, 0.15) is 5.75 Å². The highest BCUT2D eigenvalue weighted by molar-refractivity contribution is 5.99. The first kappa shape index (κ1) is 18.3. The van der Waals surface area contributed by atoms with E-state index in [-0.39, 0.29) is 11.3 Å². The van der Waals surface area contributed by atoms with Crippen molar-refractivity contribution in [1.82, 2.24) is 5.32 Å². The number of benzene rings is 2. The summed E-state index contributed by atoms with van der Waals surface area (Å²) in [5.41, 5.74) is -1.05. The molecule has 0 saturated heterocycles. The lowest BCUT2D eigenvalue weighted by molar-refractivity contribution is -0.137. The topological polar surface area (TPSA) is 67.4 Å². The zero-order chi connectivity index (χ0) is 18.4. The minimum absolute atomic E-state index is 0.267. The van der Waals surface area contributed by atoms with Gasteiger partial charge in [0.05, 0.1) is 24.9 Å². The molecule has 0 atom stereocenters. The molecule has 0 unspecified atom stereocenters. The first-order chi connectivity index (χ1) is 11.8. The molecular formula is C17H15F3N2O3. The second-order valence-corrected chi connectivity index (χ2v) is 5.01. The molecule has 0 aliphatic heterocycles. The number of alkyl halides is 3. The van der Waals surface area contributed by atoms with Crippen molar-refractivity contribution in [2.75, 3.05) is 19.0 Å². The van der Waals surface area contributed by atoms with Gasteiger partial charge in [-0.15, -0.1) is 0 Å². The van der Waals surface area contributed by atoms with Crippen LogP contribution in [0.3, 0.4) is 0 Å². The van der Waals surface area contributed by atoms with Gasteiger partial charge in [-0.2, -0.15) is 13.2 Å². The molecule has 0 aliphatic carbocycles. The van der Waals surface area contributed by atoms with Crippen molar-refractivity contribution in [3.63, 3.8) is 0 Å². The standard InChI is InChI=1S/C17H15F3N2O3/c1-25-12-6-4-5-11(9-12)16(24)21-10-15(23)22-14-8-3-2-7-13(14)17(18,19)20/h2-9H,10H2,1H3,(H,21,24)(H,22,23). The second-order valence-electron chi connectivity index (χ2n) is 5.01. The summed E-state index contributed by atoms with van der Waals surface area (Å²) < 4.78 is 43.6. The van der Waals surface area contributed by atoms with E-state index in [9.17, 15) is 22.8 Å². The fourth-order valence-electron chi connectivity index (χ4n) is 2.06. The predicted octanol–water partition coefficient (Wildman–Crippen LogP) is 3.08. The minimum atomic E-state index is -4.59. The van der Waals surface area contributed by atoms with E-state index in [2.05, 4.69) is 10.6 Å². The molecule has 8 heteroatoms. The summed E-state index contributed by atoms with van der Waals surface area (Å²) in [5, 5.41) is 4.49. The van der Waals surface area contributed by atoms with Crippen LogP contribution in [0.1, 0.15) is 15.9 Å². The van der Waals surface area contributed by atoms with Crippen LogP contribution in [0.4, 0.5) is 18.9 Å². The van der Waals surface area contributed by atoms with Gasteiger partial charge >= 0.3 is 6.18 Å². The third-order valence-electron chi connectivity index (χ3n) is 3.25. The van der Waals surface area contributed by atoms with E-state index in [0.717, 1.165) is 12.1 Å². The van der Waals surface area contributed by atoms with Crippen LogP contribution in [-0.4, -0.2) is 25.5 Å². The van der Waals surface area contributed by atoms with Crippen molar-refractivity contribution in [2.45, 2.75) is 6.18 Å². The van der Waals surface area contributed by atoms with E-state index >= 15 is 0 Å². The molecule has 2 N–H and O–H groups in total. The van der Waals surface area contributed by atoms with Crippen molar-refractivity contribution >= 4 is 17.5 Å². The number of rotatable bonds is 5. The van der Waals surface area contributed by atoms with Gasteiger partial charge in [-0.1, -0.05) is 18.2 Å². The van der Waals surface area contributed by atoms with Crippen LogP contribution >= 0.6 is 0 Å². The molecule has 25 heavy (non-hydrogen) atoms. The van der Waals surface area contributed by atoms with Gasteiger partial charge in [0, 0.05) is 5.56 Å². The molecule has 2 aromatic carbocycles. The molecule has 0 heterocycles. The van der Waals surface area contributed by atoms with E-state index in [0.29, 0.717) is 5.75 Å². The molecule has 0 aromatic heterocycles. The first-order valence-corrected chi connectivity index (χ1v) is 7.19. The van der Waals surface area contributed by atoms with Gasteiger partial charge in [0.25, 0.3) is 5.91 Å². The average molecular weight is 352 g/mol. The summed E-state index contributed by atoms with van der Waals surface area (Å²) >= 11 is 0. The Labute approximate surface area is 141 Å². The summed E-state index contributed by atoms with van der Waals surface area (Å²) in [6.45, 7) is -0.470. The second kappa shape index (κ2) is 7.69. The van der Waals surface area contributed by atoms with Crippen molar-refractivity contribution in [2.24, 2.45) is 0 Å². The maximum atomic E-state index is 12.9. The molecule has 0 radical (unpaired) electrons. The molecule has 0 bridgehead atoms. The largest absolute Gasteiger partial charge is 0.497 e. The Morgan fingerprint density at radius 2 is 1.80 bits per heavy atom. The summed E-state index contributed by atoms with van der Waals surface area (Å²) in [7, 11) is 1.45. The number of para-hydroxylation sites is 1. The van der Waals surface area contributed by atoms with Crippen LogP contribution in [0.5, 0.6) is 5.75 Å². The molecular weight excluding hydrogens is 337 g/mol. The Bertz CT molecular complexity index is 776. The summed E-state index contributed by atoms with van der Waals surface area (Å²) in [6, 6.07) is 10.9. The monoisotopic (exact) mass is 352 g/mol. The number of nitrogens with one attached hydrogen (secondary N) is 2. The highest BCUT2D eigenvalue weighted by atomic mass is 19.4. The molecule has 2 amide bonds. The van der Waals surface area contributed by atoms with Crippen LogP contribution in [-0.2, 0) is 11.0 Å². The summed E-state index contributed by atoms with van der Waals surface area (Å²) in [4.78, 5) is 23.8. The number of hydrogen-bond donors (Lipinski definition) is 2. The molecule has 0 aliphatic rings. The van der Waals surface area contributed by atoms with Crippen molar-refractivity contribution in [1.29, 1.82) is 0 Å². The zero-order valence-electron chi connectivity index (χ0n) is 13.2.